The summed E-state index contributed by atoms with van der Waals surface area (Å²) in [6, 6.07) is 0.215. The van der Waals surface area contributed by atoms with Crippen LogP contribution in [0, 0.1) is 23.7 Å². The molecule has 2 atom stereocenters. The molecule has 0 aromatic heterocycles. The van der Waals surface area contributed by atoms with E-state index in [2.05, 4.69) is 19.8 Å². The Labute approximate surface area is 75.7 Å². The van der Waals surface area contributed by atoms with Gasteiger partial charge in [-0.25, -0.2) is 0 Å². The van der Waals surface area contributed by atoms with Crippen molar-refractivity contribution in [3.63, 3.8) is 0 Å². The first-order valence-corrected chi connectivity index (χ1v) is 4.77. The van der Waals surface area contributed by atoms with Crippen molar-refractivity contribution >= 4 is 0 Å². The lowest BCUT2D eigenvalue weighted by Gasteiger charge is -2.31. The minimum atomic E-state index is 0.215. The predicted octanol–water partition coefficient (Wildman–Crippen LogP) is 2.16. The van der Waals surface area contributed by atoms with Crippen molar-refractivity contribution < 1.29 is 0 Å². The minimum absolute atomic E-state index is 0.215. The molecule has 0 aromatic carbocycles. The lowest BCUT2D eigenvalue weighted by Crippen LogP contribution is -2.36. The van der Waals surface area contributed by atoms with Gasteiger partial charge in [0.2, 0.25) is 0 Å². The van der Waals surface area contributed by atoms with E-state index in [0.717, 1.165) is 6.42 Å². The standard InChI is InChI=1S/C11H19N/c1-4-6-10(12)9-7-5-8-11(9,2)3/h1,9-10H,5-8,12H2,2-3H3. The second-order valence-electron chi connectivity index (χ2n) is 4.56. The topological polar surface area (TPSA) is 26.0 Å². The molecule has 0 saturated heterocycles. The highest BCUT2D eigenvalue weighted by atomic mass is 14.7. The summed E-state index contributed by atoms with van der Waals surface area (Å²) >= 11 is 0. The molecule has 1 rings (SSSR count). The Morgan fingerprint density at radius 2 is 2.33 bits per heavy atom. The summed E-state index contributed by atoms with van der Waals surface area (Å²) < 4.78 is 0. The minimum Gasteiger partial charge on any atom is -0.327 e. The predicted molar refractivity (Wildman–Crippen MR) is 52.5 cm³/mol. The highest BCUT2D eigenvalue weighted by Gasteiger charge is 2.37. The molecule has 0 amide bonds. The lowest BCUT2D eigenvalue weighted by molar-refractivity contribution is 0.222. The number of hydrogen-bond acceptors (Lipinski definition) is 1. The summed E-state index contributed by atoms with van der Waals surface area (Å²) in [5, 5.41) is 0. The molecular weight excluding hydrogens is 146 g/mol. The van der Waals surface area contributed by atoms with Crippen LogP contribution in [0.5, 0.6) is 0 Å². The Hall–Kier alpha value is -0.480. The van der Waals surface area contributed by atoms with Crippen molar-refractivity contribution in [1.29, 1.82) is 0 Å². The van der Waals surface area contributed by atoms with Crippen LogP contribution in [0.25, 0.3) is 0 Å². The van der Waals surface area contributed by atoms with Crippen LogP contribution in [0.2, 0.25) is 0 Å². The molecular formula is C11H19N. The van der Waals surface area contributed by atoms with Gasteiger partial charge in [-0.1, -0.05) is 20.3 Å². The summed E-state index contributed by atoms with van der Waals surface area (Å²) in [5.41, 5.74) is 6.44. The van der Waals surface area contributed by atoms with E-state index in [1.165, 1.54) is 19.3 Å². The Morgan fingerprint density at radius 1 is 1.67 bits per heavy atom. The van der Waals surface area contributed by atoms with E-state index in [0.29, 0.717) is 11.3 Å². The third kappa shape index (κ3) is 1.81. The molecule has 2 unspecified atom stereocenters. The van der Waals surface area contributed by atoms with Gasteiger partial charge in [-0.2, -0.15) is 0 Å². The molecule has 1 aliphatic carbocycles. The molecule has 0 radical (unpaired) electrons. The maximum atomic E-state index is 6.02. The molecule has 0 aliphatic heterocycles. The monoisotopic (exact) mass is 165 g/mol. The molecule has 12 heavy (non-hydrogen) atoms. The summed E-state index contributed by atoms with van der Waals surface area (Å²) in [6.45, 7) is 4.61. The summed E-state index contributed by atoms with van der Waals surface area (Å²) in [6.07, 6.45) is 9.86. The molecule has 68 valence electrons. The van der Waals surface area contributed by atoms with E-state index < -0.39 is 0 Å². The molecule has 0 bridgehead atoms. The molecule has 1 aliphatic rings. The molecule has 1 nitrogen and oxygen atoms in total. The van der Waals surface area contributed by atoms with E-state index in [9.17, 15) is 0 Å². The van der Waals surface area contributed by atoms with E-state index in [4.69, 9.17) is 12.2 Å². The highest BCUT2D eigenvalue weighted by Crippen LogP contribution is 2.44. The van der Waals surface area contributed by atoms with Gasteiger partial charge in [0.1, 0.15) is 0 Å². The van der Waals surface area contributed by atoms with Crippen LogP contribution in [-0.4, -0.2) is 6.04 Å². The van der Waals surface area contributed by atoms with E-state index in [-0.39, 0.29) is 6.04 Å². The second kappa shape index (κ2) is 3.49. The van der Waals surface area contributed by atoms with E-state index in [1.807, 2.05) is 0 Å². The van der Waals surface area contributed by atoms with Gasteiger partial charge in [0.15, 0.2) is 0 Å². The molecule has 0 spiro atoms. The van der Waals surface area contributed by atoms with Crippen LogP contribution in [-0.2, 0) is 0 Å². The Balaban J connectivity index is 2.57. The summed E-state index contributed by atoms with van der Waals surface area (Å²) in [7, 11) is 0. The molecule has 1 fully saturated rings. The fourth-order valence-corrected chi connectivity index (χ4v) is 2.43. The Bertz CT molecular complexity index is 188. The molecule has 2 N–H and O–H groups in total. The maximum Gasteiger partial charge on any atom is 0.0241 e. The molecule has 1 saturated carbocycles. The fourth-order valence-electron chi connectivity index (χ4n) is 2.43. The van der Waals surface area contributed by atoms with Crippen molar-refractivity contribution in [2.75, 3.05) is 0 Å². The number of rotatable bonds is 2. The first kappa shape index (κ1) is 9.61. The van der Waals surface area contributed by atoms with Gasteiger partial charge in [0.25, 0.3) is 0 Å². The van der Waals surface area contributed by atoms with Crippen LogP contribution in [0.3, 0.4) is 0 Å². The summed E-state index contributed by atoms with van der Waals surface area (Å²) in [5.74, 6) is 3.29. The third-order valence-corrected chi connectivity index (χ3v) is 3.21. The maximum absolute atomic E-state index is 6.02. The SMILES string of the molecule is C#CCC(N)C1CCCC1(C)C. The van der Waals surface area contributed by atoms with Gasteiger partial charge < -0.3 is 5.73 Å². The van der Waals surface area contributed by atoms with Crippen LogP contribution < -0.4 is 5.73 Å². The van der Waals surface area contributed by atoms with E-state index in [1.54, 1.807) is 0 Å². The molecule has 1 heteroatoms. The Morgan fingerprint density at radius 3 is 2.75 bits per heavy atom. The van der Waals surface area contributed by atoms with Crippen LogP contribution in [0.4, 0.5) is 0 Å². The van der Waals surface area contributed by atoms with Gasteiger partial charge in [-0.15, -0.1) is 12.3 Å². The zero-order valence-electron chi connectivity index (χ0n) is 8.14. The average Bonchev–Trinajstić information content (AvgIpc) is 2.30. The van der Waals surface area contributed by atoms with Crippen molar-refractivity contribution in [3.05, 3.63) is 0 Å². The van der Waals surface area contributed by atoms with Crippen LogP contribution in [0.15, 0.2) is 0 Å². The van der Waals surface area contributed by atoms with Gasteiger partial charge in [0, 0.05) is 12.5 Å². The second-order valence-corrected chi connectivity index (χ2v) is 4.56. The van der Waals surface area contributed by atoms with Crippen LogP contribution in [0.1, 0.15) is 39.5 Å². The number of hydrogen-bond donors (Lipinski definition) is 1. The van der Waals surface area contributed by atoms with Crippen LogP contribution >= 0.6 is 0 Å². The fraction of sp³-hybridized carbons (Fsp3) is 0.818. The molecule has 0 aromatic rings. The van der Waals surface area contributed by atoms with Gasteiger partial charge in [-0.05, 0) is 24.2 Å². The van der Waals surface area contributed by atoms with Gasteiger partial charge >= 0.3 is 0 Å². The Kier molecular flexibility index (Phi) is 2.80. The normalized spacial score (nSPS) is 29.7. The molecule has 0 heterocycles. The zero-order chi connectivity index (χ0) is 9.19. The quantitative estimate of drug-likeness (QED) is 0.623. The van der Waals surface area contributed by atoms with Crippen molar-refractivity contribution in [3.8, 4) is 12.3 Å². The zero-order valence-corrected chi connectivity index (χ0v) is 8.14. The largest absolute Gasteiger partial charge is 0.327 e. The third-order valence-electron chi connectivity index (χ3n) is 3.21. The summed E-state index contributed by atoms with van der Waals surface area (Å²) in [4.78, 5) is 0. The lowest BCUT2D eigenvalue weighted by atomic mass is 9.77. The van der Waals surface area contributed by atoms with Gasteiger partial charge in [-0.3, -0.25) is 0 Å². The van der Waals surface area contributed by atoms with Crippen molar-refractivity contribution in [2.24, 2.45) is 17.1 Å². The number of nitrogens with two attached hydrogens (primary N) is 1. The first-order chi connectivity index (χ1) is 5.58. The highest BCUT2D eigenvalue weighted by molar-refractivity contribution is 4.97. The van der Waals surface area contributed by atoms with Gasteiger partial charge in [0.05, 0.1) is 0 Å². The van der Waals surface area contributed by atoms with Crippen molar-refractivity contribution in [2.45, 2.75) is 45.6 Å². The smallest absolute Gasteiger partial charge is 0.0241 e. The van der Waals surface area contributed by atoms with Crippen molar-refractivity contribution in [1.82, 2.24) is 0 Å². The average molecular weight is 165 g/mol. The first-order valence-electron chi connectivity index (χ1n) is 4.77. The number of terminal acetylenes is 1. The van der Waals surface area contributed by atoms with E-state index >= 15 is 0 Å².